The van der Waals surface area contributed by atoms with Gasteiger partial charge in [-0.25, -0.2) is 0 Å². The van der Waals surface area contributed by atoms with Crippen LogP contribution in [0.15, 0.2) is 18.2 Å². The summed E-state index contributed by atoms with van der Waals surface area (Å²) in [4.78, 5) is 0. The number of aromatic nitrogens is 1. The Bertz CT molecular complexity index is 615. The molecular weight excluding hydrogens is 256 g/mol. The van der Waals surface area contributed by atoms with Crippen molar-refractivity contribution in [3.05, 3.63) is 35.0 Å². The van der Waals surface area contributed by atoms with Gasteiger partial charge in [0.15, 0.2) is 0 Å². The maximum atomic E-state index is 3.41. The minimum atomic E-state index is 0.377. The summed E-state index contributed by atoms with van der Waals surface area (Å²) in [5.41, 5.74) is 5.98. The number of hydrogen-bond donors (Lipinski definition) is 1. The summed E-state index contributed by atoms with van der Waals surface area (Å²) in [7, 11) is 0. The van der Waals surface area contributed by atoms with Crippen molar-refractivity contribution >= 4 is 10.9 Å². The normalized spacial score (nSPS) is 12.3. The SMILES string of the molecule is CCNCc1ccc2c(c1)c(C)c(C)n2CCC(C)(C)C. The van der Waals surface area contributed by atoms with Gasteiger partial charge in [0.25, 0.3) is 0 Å². The Morgan fingerprint density at radius 1 is 1.14 bits per heavy atom. The van der Waals surface area contributed by atoms with Gasteiger partial charge in [-0.15, -0.1) is 0 Å². The standard InChI is InChI=1S/C19H30N2/c1-7-20-13-16-8-9-18-17(12-16)14(2)15(3)21(18)11-10-19(4,5)6/h8-9,12,20H,7,10-11,13H2,1-6H3. The van der Waals surface area contributed by atoms with Crippen LogP contribution in [0.4, 0.5) is 0 Å². The van der Waals surface area contributed by atoms with Gasteiger partial charge in [-0.1, -0.05) is 33.8 Å². The topological polar surface area (TPSA) is 17.0 Å². The van der Waals surface area contributed by atoms with Crippen LogP contribution in [0.3, 0.4) is 0 Å². The molecule has 0 bridgehead atoms. The van der Waals surface area contributed by atoms with Crippen LogP contribution >= 0.6 is 0 Å². The zero-order valence-corrected chi connectivity index (χ0v) is 14.5. The van der Waals surface area contributed by atoms with Gasteiger partial charge in [-0.3, -0.25) is 0 Å². The van der Waals surface area contributed by atoms with E-state index in [9.17, 15) is 0 Å². The lowest BCUT2D eigenvalue weighted by atomic mass is 9.92. The lowest BCUT2D eigenvalue weighted by Crippen LogP contribution is -2.12. The van der Waals surface area contributed by atoms with Crippen molar-refractivity contribution in [2.24, 2.45) is 5.41 Å². The molecule has 2 aromatic rings. The van der Waals surface area contributed by atoms with Gasteiger partial charge in [-0.2, -0.15) is 0 Å². The fourth-order valence-electron chi connectivity index (χ4n) is 2.81. The van der Waals surface area contributed by atoms with E-state index in [1.54, 1.807) is 0 Å². The maximum Gasteiger partial charge on any atom is 0.0485 e. The molecule has 2 rings (SSSR count). The smallest absolute Gasteiger partial charge is 0.0485 e. The van der Waals surface area contributed by atoms with E-state index in [1.165, 1.54) is 34.1 Å². The van der Waals surface area contributed by atoms with Gasteiger partial charge in [0.05, 0.1) is 0 Å². The number of rotatable bonds is 5. The van der Waals surface area contributed by atoms with Gasteiger partial charge >= 0.3 is 0 Å². The summed E-state index contributed by atoms with van der Waals surface area (Å²) in [6, 6.07) is 6.91. The summed E-state index contributed by atoms with van der Waals surface area (Å²) in [6.45, 7) is 16.7. The quantitative estimate of drug-likeness (QED) is 0.835. The molecule has 0 radical (unpaired) electrons. The Balaban J connectivity index is 2.36. The molecule has 0 saturated carbocycles. The van der Waals surface area contributed by atoms with Crippen LogP contribution in [0.1, 0.15) is 50.9 Å². The van der Waals surface area contributed by atoms with Crippen molar-refractivity contribution in [1.29, 1.82) is 0 Å². The third-order valence-corrected chi connectivity index (χ3v) is 4.37. The van der Waals surface area contributed by atoms with Crippen LogP contribution in [0, 0.1) is 19.3 Å². The zero-order valence-electron chi connectivity index (χ0n) is 14.5. The minimum Gasteiger partial charge on any atom is -0.345 e. The zero-order chi connectivity index (χ0) is 15.6. The lowest BCUT2D eigenvalue weighted by molar-refractivity contribution is 0.351. The van der Waals surface area contributed by atoms with E-state index < -0.39 is 0 Å². The Kier molecular flexibility index (Phi) is 4.77. The van der Waals surface area contributed by atoms with E-state index >= 15 is 0 Å². The molecule has 0 spiro atoms. The molecule has 21 heavy (non-hydrogen) atoms. The Hall–Kier alpha value is -1.28. The predicted octanol–water partition coefficient (Wildman–Crippen LogP) is 4.80. The van der Waals surface area contributed by atoms with Crippen molar-refractivity contribution in [3.63, 3.8) is 0 Å². The van der Waals surface area contributed by atoms with Gasteiger partial charge in [0.1, 0.15) is 0 Å². The van der Waals surface area contributed by atoms with Crippen LogP contribution in [-0.2, 0) is 13.1 Å². The number of hydrogen-bond acceptors (Lipinski definition) is 1. The fourth-order valence-corrected chi connectivity index (χ4v) is 2.81. The molecule has 2 heteroatoms. The average molecular weight is 286 g/mol. The predicted molar refractivity (Wildman–Crippen MR) is 92.9 cm³/mol. The van der Waals surface area contributed by atoms with Crippen molar-refractivity contribution in [1.82, 2.24) is 9.88 Å². The second-order valence-electron chi connectivity index (χ2n) is 7.30. The van der Waals surface area contributed by atoms with E-state index in [-0.39, 0.29) is 0 Å². The molecular formula is C19H30N2. The molecule has 0 saturated heterocycles. The van der Waals surface area contributed by atoms with Crippen molar-refractivity contribution < 1.29 is 0 Å². The van der Waals surface area contributed by atoms with E-state index in [2.05, 4.69) is 69.6 Å². The molecule has 0 aliphatic rings. The second kappa shape index (κ2) is 6.23. The van der Waals surface area contributed by atoms with E-state index in [0.29, 0.717) is 5.41 Å². The van der Waals surface area contributed by atoms with E-state index in [1.807, 2.05) is 0 Å². The van der Waals surface area contributed by atoms with Crippen molar-refractivity contribution in [2.75, 3.05) is 6.54 Å². The molecule has 1 aromatic carbocycles. The highest BCUT2D eigenvalue weighted by atomic mass is 15.0. The van der Waals surface area contributed by atoms with Crippen molar-refractivity contribution in [2.45, 2.75) is 61.1 Å². The molecule has 116 valence electrons. The number of aryl methyl sites for hydroxylation is 2. The van der Waals surface area contributed by atoms with Gasteiger partial charge in [0, 0.05) is 29.7 Å². The van der Waals surface area contributed by atoms with Gasteiger partial charge in [-0.05, 0) is 55.5 Å². The third kappa shape index (κ3) is 3.68. The monoisotopic (exact) mass is 286 g/mol. The first kappa shape index (κ1) is 16.1. The molecule has 0 aliphatic heterocycles. The Labute approximate surface area is 129 Å². The summed E-state index contributed by atoms with van der Waals surface area (Å²) in [5, 5.41) is 4.82. The Morgan fingerprint density at radius 2 is 1.86 bits per heavy atom. The highest BCUT2D eigenvalue weighted by Crippen LogP contribution is 2.28. The molecule has 2 nitrogen and oxygen atoms in total. The minimum absolute atomic E-state index is 0.377. The number of benzene rings is 1. The van der Waals surface area contributed by atoms with Crippen LogP contribution in [0.5, 0.6) is 0 Å². The Morgan fingerprint density at radius 3 is 2.48 bits per heavy atom. The van der Waals surface area contributed by atoms with Gasteiger partial charge < -0.3 is 9.88 Å². The summed E-state index contributed by atoms with van der Waals surface area (Å²) in [5.74, 6) is 0. The van der Waals surface area contributed by atoms with Crippen LogP contribution in [0.2, 0.25) is 0 Å². The maximum absolute atomic E-state index is 3.41. The number of fused-ring (bicyclic) bond motifs is 1. The van der Waals surface area contributed by atoms with E-state index in [0.717, 1.165) is 19.6 Å². The van der Waals surface area contributed by atoms with Crippen molar-refractivity contribution in [3.8, 4) is 0 Å². The highest BCUT2D eigenvalue weighted by molar-refractivity contribution is 5.86. The molecule has 0 fully saturated rings. The first-order valence-electron chi connectivity index (χ1n) is 8.12. The molecule has 0 unspecified atom stereocenters. The first-order valence-corrected chi connectivity index (χ1v) is 8.12. The van der Waals surface area contributed by atoms with Gasteiger partial charge in [0.2, 0.25) is 0 Å². The number of nitrogens with zero attached hydrogens (tertiary/aromatic N) is 1. The summed E-state index contributed by atoms with van der Waals surface area (Å²) < 4.78 is 2.49. The largest absolute Gasteiger partial charge is 0.345 e. The summed E-state index contributed by atoms with van der Waals surface area (Å²) in [6.07, 6.45) is 1.20. The highest BCUT2D eigenvalue weighted by Gasteiger charge is 2.15. The average Bonchev–Trinajstić information content (AvgIpc) is 2.66. The molecule has 0 amide bonds. The fraction of sp³-hybridized carbons (Fsp3) is 0.579. The molecule has 1 heterocycles. The molecule has 1 N–H and O–H groups in total. The summed E-state index contributed by atoms with van der Waals surface area (Å²) >= 11 is 0. The van der Waals surface area contributed by atoms with E-state index in [4.69, 9.17) is 0 Å². The lowest BCUT2D eigenvalue weighted by Gasteiger charge is -2.19. The van der Waals surface area contributed by atoms with Crippen LogP contribution in [-0.4, -0.2) is 11.1 Å². The van der Waals surface area contributed by atoms with Crippen LogP contribution in [0.25, 0.3) is 10.9 Å². The molecule has 0 aliphatic carbocycles. The molecule has 1 aromatic heterocycles. The second-order valence-corrected chi connectivity index (χ2v) is 7.30. The third-order valence-electron chi connectivity index (χ3n) is 4.37. The number of nitrogens with one attached hydrogen (secondary N) is 1. The molecule has 0 atom stereocenters. The van der Waals surface area contributed by atoms with Crippen LogP contribution < -0.4 is 5.32 Å². The first-order chi connectivity index (χ1) is 9.83.